The third kappa shape index (κ3) is 4.03. The van der Waals surface area contributed by atoms with Crippen molar-refractivity contribution in [1.29, 1.82) is 0 Å². The van der Waals surface area contributed by atoms with Crippen LogP contribution in [0.15, 0.2) is 36.6 Å². The van der Waals surface area contributed by atoms with Gasteiger partial charge in [-0.1, -0.05) is 0 Å². The zero-order chi connectivity index (χ0) is 15.2. The first-order valence-corrected chi connectivity index (χ1v) is 7.16. The van der Waals surface area contributed by atoms with E-state index in [1.54, 1.807) is 13.0 Å². The van der Waals surface area contributed by atoms with Crippen molar-refractivity contribution < 1.29 is 14.3 Å². The van der Waals surface area contributed by atoms with E-state index in [1.807, 2.05) is 19.1 Å². The average Bonchev–Trinajstić information content (AvgIpc) is 3.09. The van der Waals surface area contributed by atoms with Crippen LogP contribution < -0.4 is 5.32 Å². The second kappa shape index (κ2) is 6.85. The number of aromatic nitrogens is 2. The summed E-state index contributed by atoms with van der Waals surface area (Å²) in [5, 5.41) is 2.47. The third-order valence-electron chi connectivity index (χ3n) is 2.53. The number of amides is 1. The summed E-state index contributed by atoms with van der Waals surface area (Å²) in [6, 6.07) is 3.83. The van der Waals surface area contributed by atoms with Crippen LogP contribution in [0.25, 0.3) is 6.08 Å². The van der Waals surface area contributed by atoms with Crippen molar-refractivity contribution in [2.24, 2.45) is 0 Å². The van der Waals surface area contributed by atoms with E-state index in [9.17, 15) is 9.59 Å². The number of rotatable bonds is 4. The summed E-state index contributed by atoms with van der Waals surface area (Å²) < 4.78 is 6.11. The van der Waals surface area contributed by atoms with Crippen LogP contribution in [-0.2, 0) is 4.74 Å². The normalized spacial score (nSPS) is 11.2. The van der Waals surface area contributed by atoms with E-state index in [0.717, 1.165) is 9.75 Å². The van der Waals surface area contributed by atoms with Gasteiger partial charge in [0.05, 0.1) is 6.61 Å². The Balaban J connectivity index is 2.27. The Morgan fingerprint density at radius 3 is 2.86 bits per heavy atom. The Hall–Kier alpha value is -2.41. The highest BCUT2D eigenvalue weighted by Gasteiger charge is 2.15. The van der Waals surface area contributed by atoms with Crippen molar-refractivity contribution in [3.05, 3.63) is 46.3 Å². The zero-order valence-corrected chi connectivity index (χ0v) is 12.5. The Kier molecular flexibility index (Phi) is 4.89. The molecule has 0 saturated heterocycles. The van der Waals surface area contributed by atoms with Crippen LogP contribution in [0.5, 0.6) is 0 Å². The summed E-state index contributed by atoms with van der Waals surface area (Å²) >= 11 is 1.53. The standard InChI is InChI=1S/C14H15N3O3S/c1-3-20-14(19)16-12(8-11-5-4-10(2)21-11)13(18)17-7-6-15-9-17/h4-9H,3H2,1-2H3,(H,16,19)/b12-8+. The van der Waals surface area contributed by atoms with Gasteiger partial charge in [-0.15, -0.1) is 11.3 Å². The molecule has 2 aromatic heterocycles. The molecule has 1 amide bonds. The maximum Gasteiger partial charge on any atom is 0.411 e. The van der Waals surface area contributed by atoms with E-state index < -0.39 is 6.09 Å². The lowest BCUT2D eigenvalue weighted by Crippen LogP contribution is -2.30. The first-order chi connectivity index (χ1) is 10.1. The molecular weight excluding hydrogens is 290 g/mol. The number of alkyl carbamates (subject to hydrolysis) is 1. The molecule has 0 aliphatic rings. The molecule has 2 heterocycles. The minimum Gasteiger partial charge on any atom is -0.450 e. The van der Waals surface area contributed by atoms with Gasteiger partial charge >= 0.3 is 6.09 Å². The summed E-state index contributed by atoms with van der Waals surface area (Å²) in [6.07, 6.45) is 5.35. The first-order valence-electron chi connectivity index (χ1n) is 6.34. The van der Waals surface area contributed by atoms with Crippen molar-refractivity contribution in [3.8, 4) is 0 Å². The highest BCUT2D eigenvalue weighted by atomic mass is 32.1. The van der Waals surface area contributed by atoms with Gasteiger partial charge in [-0.3, -0.25) is 14.7 Å². The highest BCUT2D eigenvalue weighted by Crippen LogP contribution is 2.18. The molecule has 110 valence electrons. The summed E-state index contributed by atoms with van der Waals surface area (Å²) in [7, 11) is 0. The molecule has 0 aromatic carbocycles. The van der Waals surface area contributed by atoms with Crippen LogP contribution in [0.1, 0.15) is 21.5 Å². The van der Waals surface area contributed by atoms with Crippen LogP contribution >= 0.6 is 11.3 Å². The fourth-order valence-electron chi connectivity index (χ4n) is 1.62. The molecule has 6 nitrogen and oxygen atoms in total. The molecule has 0 saturated carbocycles. The maximum atomic E-state index is 12.3. The molecule has 2 aromatic rings. The van der Waals surface area contributed by atoms with Gasteiger partial charge in [0.1, 0.15) is 12.0 Å². The third-order valence-corrected chi connectivity index (χ3v) is 3.48. The van der Waals surface area contributed by atoms with Crippen molar-refractivity contribution in [2.75, 3.05) is 6.61 Å². The fraction of sp³-hybridized carbons (Fsp3) is 0.214. The van der Waals surface area contributed by atoms with Crippen molar-refractivity contribution in [3.63, 3.8) is 0 Å². The van der Waals surface area contributed by atoms with Gasteiger partial charge in [0, 0.05) is 22.1 Å². The van der Waals surface area contributed by atoms with E-state index in [1.165, 1.54) is 34.6 Å². The fourth-order valence-corrected chi connectivity index (χ4v) is 2.44. The van der Waals surface area contributed by atoms with E-state index in [-0.39, 0.29) is 18.2 Å². The monoisotopic (exact) mass is 305 g/mol. The van der Waals surface area contributed by atoms with E-state index in [2.05, 4.69) is 10.3 Å². The molecule has 0 aliphatic carbocycles. The Morgan fingerprint density at radius 1 is 1.48 bits per heavy atom. The average molecular weight is 305 g/mol. The molecule has 0 bridgehead atoms. The second-order valence-corrected chi connectivity index (χ2v) is 5.45. The predicted octanol–water partition coefficient (Wildman–Crippen LogP) is 2.68. The van der Waals surface area contributed by atoms with Crippen molar-refractivity contribution in [2.45, 2.75) is 13.8 Å². The predicted molar refractivity (Wildman–Crippen MR) is 80.0 cm³/mol. The molecule has 0 atom stereocenters. The maximum absolute atomic E-state index is 12.3. The minimum absolute atomic E-state index is 0.133. The van der Waals surface area contributed by atoms with Gasteiger partial charge in [0.2, 0.25) is 0 Å². The number of allylic oxidation sites excluding steroid dienone is 1. The Morgan fingerprint density at radius 2 is 2.29 bits per heavy atom. The molecule has 1 N–H and O–H groups in total. The van der Waals surface area contributed by atoms with Crippen LogP contribution in [0, 0.1) is 6.92 Å². The number of nitrogens with one attached hydrogen (secondary N) is 1. The summed E-state index contributed by atoms with van der Waals surface area (Å²) in [5.74, 6) is -0.383. The van der Waals surface area contributed by atoms with Crippen molar-refractivity contribution >= 4 is 29.4 Å². The molecular formula is C14H15N3O3S. The topological polar surface area (TPSA) is 73.2 Å². The highest BCUT2D eigenvalue weighted by molar-refractivity contribution is 7.12. The van der Waals surface area contributed by atoms with E-state index in [0.29, 0.717) is 0 Å². The molecule has 0 aliphatic heterocycles. The largest absolute Gasteiger partial charge is 0.450 e. The number of nitrogens with zero attached hydrogens (tertiary/aromatic N) is 2. The molecule has 0 unspecified atom stereocenters. The van der Waals surface area contributed by atoms with Crippen LogP contribution in [0.3, 0.4) is 0 Å². The second-order valence-electron chi connectivity index (χ2n) is 4.13. The number of ether oxygens (including phenoxy) is 1. The van der Waals surface area contributed by atoms with Gasteiger partial charge in [-0.05, 0) is 32.1 Å². The van der Waals surface area contributed by atoms with E-state index >= 15 is 0 Å². The van der Waals surface area contributed by atoms with E-state index in [4.69, 9.17) is 4.74 Å². The van der Waals surface area contributed by atoms with Crippen LogP contribution in [-0.4, -0.2) is 28.2 Å². The quantitative estimate of drug-likeness (QED) is 0.881. The Bertz CT molecular complexity index is 659. The molecule has 7 heteroatoms. The summed E-state index contributed by atoms with van der Waals surface area (Å²) in [6.45, 7) is 3.90. The van der Waals surface area contributed by atoms with Gasteiger partial charge in [-0.25, -0.2) is 9.78 Å². The lowest BCUT2D eigenvalue weighted by Gasteiger charge is -2.09. The van der Waals surface area contributed by atoms with Gasteiger partial charge in [0.25, 0.3) is 5.91 Å². The lowest BCUT2D eigenvalue weighted by atomic mass is 10.3. The smallest absolute Gasteiger partial charge is 0.411 e. The lowest BCUT2D eigenvalue weighted by molar-refractivity contribution is 0.0941. The van der Waals surface area contributed by atoms with Gasteiger partial charge in [-0.2, -0.15) is 0 Å². The molecule has 0 radical (unpaired) electrons. The van der Waals surface area contributed by atoms with Crippen LogP contribution in [0.2, 0.25) is 0 Å². The zero-order valence-electron chi connectivity index (χ0n) is 11.7. The molecule has 0 fully saturated rings. The number of carbonyl (C=O) groups is 2. The van der Waals surface area contributed by atoms with Crippen molar-refractivity contribution in [1.82, 2.24) is 14.9 Å². The number of aryl methyl sites for hydroxylation is 1. The van der Waals surface area contributed by atoms with Gasteiger partial charge < -0.3 is 4.74 Å². The summed E-state index contributed by atoms with van der Waals surface area (Å²) in [4.78, 5) is 29.7. The number of hydrogen-bond acceptors (Lipinski definition) is 5. The Labute approximate surface area is 126 Å². The molecule has 0 spiro atoms. The molecule has 2 rings (SSSR count). The number of hydrogen-bond donors (Lipinski definition) is 1. The van der Waals surface area contributed by atoms with Crippen LogP contribution in [0.4, 0.5) is 4.79 Å². The number of imidazole rings is 1. The minimum atomic E-state index is -0.662. The SMILES string of the molecule is CCOC(=O)N/C(=C/c1ccc(C)s1)C(=O)n1ccnc1. The number of thiophene rings is 1. The summed E-state index contributed by atoms with van der Waals surface area (Å²) in [5.41, 5.74) is 0.133. The van der Waals surface area contributed by atoms with Gasteiger partial charge in [0.15, 0.2) is 0 Å². The molecule has 21 heavy (non-hydrogen) atoms. The first kappa shape index (κ1) is 15.0. The number of carbonyl (C=O) groups excluding carboxylic acids is 2.